The van der Waals surface area contributed by atoms with Gasteiger partial charge in [0.05, 0.1) is 25.7 Å². The van der Waals surface area contributed by atoms with Crippen molar-refractivity contribution in [1.82, 2.24) is 4.98 Å². The lowest BCUT2D eigenvalue weighted by molar-refractivity contribution is -0.139. The van der Waals surface area contributed by atoms with Crippen molar-refractivity contribution in [1.29, 1.82) is 0 Å². The van der Waals surface area contributed by atoms with Gasteiger partial charge < -0.3 is 24.8 Å². The summed E-state index contributed by atoms with van der Waals surface area (Å²) in [4.78, 5) is 15.7. The van der Waals surface area contributed by atoms with E-state index in [1.54, 1.807) is 25.3 Å². The number of nitrogens with zero attached hydrogens (tertiary/aromatic N) is 1. The Morgan fingerprint density at radius 2 is 1.82 bits per heavy atom. The summed E-state index contributed by atoms with van der Waals surface area (Å²) in [5, 5.41) is 28.3. The molecule has 2 aliphatic carbocycles. The highest BCUT2D eigenvalue weighted by molar-refractivity contribution is 5.77. The van der Waals surface area contributed by atoms with Gasteiger partial charge in [-0.15, -0.1) is 0 Å². The number of carbonyl (C=O) groups is 1. The van der Waals surface area contributed by atoms with Gasteiger partial charge in [0.15, 0.2) is 0 Å². The molecule has 2 aliphatic rings. The van der Waals surface area contributed by atoms with Crippen molar-refractivity contribution in [2.24, 2.45) is 17.3 Å². The fourth-order valence-electron chi connectivity index (χ4n) is 5.54. The van der Waals surface area contributed by atoms with Crippen LogP contribution >= 0.6 is 0 Å². The third-order valence-electron chi connectivity index (χ3n) is 7.83. The van der Waals surface area contributed by atoms with Gasteiger partial charge in [-0.2, -0.15) is 0 Å². The number of halogens is 1. The maximum atomic E-state index is 14.7. The molecule has 0 amide bonds. The van der Waals surface area contributed by atoms with Crippen LogP contribution in [0.15, 0.2) is 42.6 Å². The zero-order valence-electron chi connectivity index (χ0n) is 21.7. The SMILES string of the molecule is Cc1cc(OCC(C)(CO)CO)cc(C)c1-c1ccc(F)c(COc2cc3c(cn2)[C@H]2[C@@H](C3)[C@@H]2C(=O)O)c1. The minimum Gasteiger partial charge on any atom is -0.493 e. The molecule has 1 fully saturated rings. The smallest absolute Gasteiger partial charge is 0.307 e. The fourth-order valence-corrected chi connectivity index (χ4v) is 5.54. The van der Waals surface area contributed by atoms with Gasteiger partial charge in [-0.25, -0.2) is 9.37 Å². The van der Waals surface area contributed by atoms with Crippen molar-refractivity contribution in [3.05, 3.63) is 76.2 Å². The number of hydrogen-bond donors (Lipinski definition) is 3. The molecular formula is C30H32FNO6. The van der Waals surface area contributed by atoms with Crippen LogP contribution in [0.2, 0.25) is 0 Å². The van der Waals surface area contributed by atoms with Crippen molar-refractivity contribution in [2.75, 3.05) is 19.8 Å². The molecule has 38 heavy (non-hydrogen) atoms. The van der Waals surface area contributed by atoms with E-state index in [1.807, 2.05) is 32.0 Å². The fraction of sp³-hybridized carbons (Fsp3) is 0.400. The second kappa shape index (κ2) is 10.0. The van der Waals surface area contributed by atoms with Crippen LogP contribution in [-0.2, 0) is 17.8 Å². The quantitative estimate of drug-likeness (QED) is 0.362. The summed E-state index contributed by atoms with van der Waals surface area (Å²) in [6.07, 6.45) is 2.41. The first kappa shape index (κ1) is 26.1. The van der Waals surface area contributed by atoms with Gasteiger partial charge in [0.25, 0.3) is 0 Å². The maximum Gasteiger partial charge on any atom is 0.307 e. The van der Waals surface area contributed by atoms with E-state index in [2.05, 4.69) is 4.98 Å². The van der Waals surface area contributed by atoms with Crippen LogP contribution in [0.25, 0.3) is 11.1 Å². The lowest BCUT2D eigenvalue weighted by atomic mass is 9.93. The highest BCUT2D eigenvalue weighted by Gasteiger charge is 2.59. The Morgan fingerprint density at radius 3 is 2.47 bits per heavy atom. The summed E-state index contributed by atoms with van der Waals surface area (Å²) in [5.74, 6) is -0.197. The van der Waals surface area contributed by atoms with E-state index in [1.165, 1.54) is 6.07 Å². The van der Waals surface area contributed by atoms with Gasteiger partial charge in [-0.3, -0.25) is 4.79 Å². The summed E-state index contributed by atoms with van der Waals surface area (Å²) >= 11 is 0. The molecule has 3 N–H and O–H groups in total. The van der Waals surface area contributed by atoms with E-state index >= 15 is 0 Å². The second-order valence-electron chi connectivity index (χ2n) is 10.9. The minimum absolute atomic E-state index is 0.0102. The maximum absolute atomic E-state index is 14.7. The highest BCUT2D eigenvalue weighted by Crippen LogP contribution is 2.61. The number of aromatic nitrogens is 1. The molecule has 3 aromatic rings. The Bertz CT molecular complexity index is 1360. The number of pyridine rings is 1. The van der Waals surface area contributed by atoms with Gasteiger partial charge in [-0.1, -0.05) is 13.0 Å². The van der Waals surface area contributed by atoms with E-state index in [0.717, 1.165) is 33.4 Å². The first-order valence-electron chi connectivity index (χ1n) is 12.7. The van der Waals surface area contributed by atoms with Gasteiger partial charge >= 0.3 is 5.97 Å². The number of rotatable bonds is 10. The van der Waals surface area contributed by atoms with Crippen LogP contribution < -0.4 is 9.47 Å². The number of ether oxygens (including phenoxy) is 2. The monoisotopic (exact) mass is 521 g/mol. The Hall–Kier alpha value is -3.49. The zero-order chi connectivity index (χ0) is 27.2. The first-order valence-corrected chi connectivity index (χ1v) is 12.7. The predicted octanol–water partition coefficient (Wildman–Crippen LogP) is 4.42. The number of aliphatic hydroxyl groups is 2. The van der Waals surface area contributed by atoms with E-state index in [0.29, 0.717) is 23.6 Å². The van der Waals surface area contributed by atoms with E-state index < -0.39 is 11.4 Å². The van der Waals surface area contributed by atoms with Crippen molar-refractivity contribution < 1.29 is 34.0 Å². The molecule has 0 aliphatic heterocycles. The predicted molar refractivity (Wildman–Crippen MR) is 139 cm³/mol. The number of carboxylic acids is 1. The van der Waals surface area contributed by atoms with E-state index in [4.69, 9.17) is 9.47 Å². The Kier molecular flexibility index (Phi) is 6.88. The second-order valence-corrected chi connectivity index (χ2v) is 10.9. The third-order valence-corrected chi connectivity index (χ3v) is 7.83. The molecular weight excluding hydrogens is 489 g/mol. The standard InChI is InChI=1S/C30H32FNO6/c1-16-6-21(38-15-30(3,13-33)14-34)7-17(2)26(16)18-4-5-24(31)20(8-18)12-37-25-10-19-9-22-27(23(19)11-32-25)28(22)29(35)36/h4-8,10-11,22,27-28,33-34H,9,12-15H2,1-3H3,(H,35,36)/t22-,27-,28+/m1/s1. The number of aryl methyl sites for hydroxylation is 2. The molecule has 0 saturated heterocycles. The topological polar surface area (TPSA) is 109 Å². The van der Waals surface area contributed by atoms with Crippen LogP contribution in [0, 0.1) is 36.9 Å². The molecule has 0 unspecified atom stereocenters. The lowest BCUT2D eigenvalue weighted by Gasteiger charge is -2.25. The largest absolute Gasteiger partial charge is 0.493 e. The molecule has 0 radical (unpaired) electrons. The molecule has 1 saturated carbocycles. The van der Waals surface area contributed by atoms with Gasteiger partial charge in [0.1, 0.15) is 18.2 Å². The van der Waals surface area contributed by atoms with Crippen molar-refractivity contribution in [2.45, 2.75) is 39.7 Å². The molecule has 7 nitrogen and oxygen atoms in total. The minimum atomic E-state index is -0.750. The molecule has 5 rings (SSSR count). The summed E-state index contributed by atoms with van der Waals surface area (Å²) in [7, 11) is 0. The Labute approximate surface area is 220 Å². The molecule has 200 valence electrons. The molecule has 0 spiro atoms. The molecule has 1 aromatic heterocycles. The van der Waals surface area contributed by atoms with Crippen LogP contribution in [0.4, 0.5) is 4.39 Å². The third kappa shape index (κ3) is 4.86. The Morgan fingerprint density at radius 1 is 1.11 bits per heavy atom. The summed E-state index contributed by atoms with van der Waals surface area (Å²) in [5.41, 5.74) is 5.43. The zero-order valence-corrected chi connectivity index (χ0v) is 21.7. The number of aliphatic carboxylic acids is 1. The Balaban J connectivity index is 1.30. The number of aliphatic hydroxyl groups excluding tert-OH is 2. The number of hydrogen-bond acceptors (Lipinski definition) is 6. The van der Waals surface area contributed by atoms with E-state index in [9.17, 15) is 24.5 Å². The highest BCUT2D eigenvalue weighted by atomic mass is 19.1. The molecule has 1 heterocycles. The summed E-state index contributed by atoms with van der Waals surface area (Å²) < 4.78 is 26.4. The average Bonchev–Trinajstić information content (AvgIpc) is 3.49. The number of benzene rings is 2. The summed E-state index contributed by atoms with van der Waals surface area (Å²) in [6, 6.07) is 10.6. The lowest BCUT2D eigenvalue weighted by Crippen LogP contribution is -2.33. The van der Waals surface area contributed by atoms with Gasteiger partial charge in [0, 0.05) is 29.2 Å². The molecule has 2 aromatic carbocycles. The summed E-state index contributed by atoms with van der Waals surface area (Å²) in [6.45, 7) is 5.48. The van der Waals surface area contributed by atoms with Gasteiger partial charge in [-0.05, 0) is 83.8 Å². The number of carboxylic acid groups (broad SMARTS) is 1. The van der Waals surface area contributed by atoms with Crippen LogP contribution in [0.1, 0.15) is 40.7 Å². The molecule has 0 bridgehead atoms. The number of fused-ring (bicyclic) bond motifs is 3. The average molecular weight is 522 g/mol. The van der Waals surface area contributed by atoms with E-state index in [-0.39, 0.29) is 50.0 Å². The van der Waals surface area contributed by atoms with Crippen LogP contribution in [0.3, 0.4) is 0 Å². The molecule has 3 atom stereocenters. The first-order chi connectivity index (χ1) is 18.1. The normalized spacial score (nSPS) is 19.6. The van der Waals surface area contributed by atoms with Crippen LogP contribution in [-0.4, -0.2) is 46.1 Å². The van der Waals surface area contributed by atoms with Gasteiger partial charge in [0.2, 0.25) is 5.88 Å². The van der Waals surface area contributed by atoms with Crippen molar-refractivity contribution in [3.8, 4) is 22.8 Å². The molecule has 8 heteroatoms. The van der Waals surface area contributed by atoms with Crippen molar-refractivity contribution in [3.63, 3.8) is 0 Å². The van der Waals surface area contributed by atoms with Crippen LogP contribution in [0.5, 0.6) is 11.6 Å². The van der Waals surface area contributed by atoms with Crippen molar-refractivity contribution >= 4 is 5.97 Å².